The van der Waals surface area contributed by atoms with Gasteiger partial charge in [0.05, 0.1) is 35.9 Å². The van der Waals surface area contributed by atoms with E-state index in [2.05, 4.69) is 50.4 Å². The van der Waals surface area contributed by atoms with Crippen LogP contribution in [0.15, 0.2) is 65.8 Å². The molecule has 3 aromatic heterocycles. The number of nitrogens with zero attached hydrogens (tertiary/aromatic N) is 6. The summed E-state index contributed by atoms with van der Waals surface area (Å²) in [5, 5.41) is 10.5. The fraction of sp³-hybridized carbons (Fsp3) is 0.262. The van der Waals surface area contributed by atoms with Gasteiger partial charge >= 0.3 is 0 Å². The van der Waals surface area contributed by atoms with Crippen LogP contribution in [0, 0.1) is 37.5 Å². The molecule has 0 saturated heterocycles. The predicted molar refractivity (Wildman–Crippen MR) is 205 cm³/mol. The second-order valence-corrected chi connectivity index (χ2v) is 14.8. The van der Waals surface area contributed by atoms with Crippen molar-refractivity contribution in [2.24, 2.45) is 4.99 Å². The molecule has 1 aliphatic carbocycles. The van der Waals surface area contributed by atoms with E-state index in [1.54, 1.807) is 34.6 Å². The zero-order valence-electron chi connectivity index (χ0n) is 29.8. The number of aromatic nitrogens is 4. The molecular formula is C42H33ClN6O4S. The number of aliphatic imine (C=N–C) groups is 1. The Morgan fingerprint density at radius 3 is 2.61 bits per heavy atom. The number of hydrogen-bond acceptors (Lipinski definition) is 9. The molecule has 8 rings (SSSR count). The highest BCUT2D eigenvalue weighted by molar-refractivity contribution is 7.15. The third-order valence-electron chi connectivity index (χ3n) is 9.80. The summed E-state index contributed by atoms with van der Waals surface area (Å²) in [5.41, 5.74) is 6.60. The summed E-state index contributed by atoms with van der Waals surface area (Å²) in [6.45, 7) is 6.70. The Labute approximate surface area is 321 Å². The van der Waals surface area contributed by atoms with E-state index in [0.717, 1.165) is 55.1 Å². The van der Waals surface area contributed by atoms with Gasteiger partial charge in [-0.3, -0.25) is 23.9 Å². The summed E-state index contributed by atoms with van der Waals surface area (Å²) >= 11 is 7.80. The van der Waals surface area contributed by atoms with Gasteiger partial charge in [-0.1, -0.05) is 41.6 Å². The Morgan fingerprint density at radius 2 is 1.83 bits per heavy atom. The standard InChI is InChI=1S/C42H33ClN6O4S/c1-24-37(54-42-38(24)39(28-10-12-29(43)13-11-28)45-25(2)40-47-46-26(3)49(40)42)19-15-30-14-17-32(22-44-30)53-20-5-4-7-27-8-6-9-33-34(27)23-48(41(33)52)35-18-16-31(50)21-36(35)51/h6,8-14,17,22,25,35H,5,16,18,20-21,23H2,1-3H3/t25-,35?/m0/s1. The van der Waals surface area contributed by atoms with Gasteiger partial charge in [0.1, 0.15) is 34.1 Å². The highest BCUT2D eigenvalue weighted by atomic mass is 35.5. The number of halogens is 1. The summed E-state index contributed by atoms with van der Waals surface area (Å²) < 4.78 is 7.99. The minimum atomic E-state index is -0.557. The molecule has 0 radical (unpaired) electrons. The number of pyridine rings is 1. The zero-order valence-corrected chi connectivity index (χ0v) is 31.3. The molecule has 2 aromatic carbocycles. The van der Waals surface area contributed by atoms with Gasteiger partial charge in [-0.25, -0.2) is 4.98 Å². The summed E-state index contributed by atoms with van der Waals surface area (Å²) in [5.74, 6) is 14.6. The van der Waals surface area contributed by atoms with Crippen LogP contribution in [0.4, 0.5) is 0 Å². The first-order valence-corrected chi connectivity index (χ1v) is 18.8. The normalized spacial score (nSPS) is 17.4. The van der Waals surface area contributed by atoms with Crippen molar-refractivity contribution < 1.29 is 19.1 Å². The fourth-order valence-electron chi connectivity index (χ4n) is 7.05. The van der Waals surface area contributed by atoms with Gasteiger partial charge in [0.25, 0.3) is 5.91 Å². The molecule has 2 atom stereocenters. The highest BCUT2D eigenvalue weighted by Gasteiger charge is 2.39. The Balaban J connectivity index is 0.938. The number of rotatable bonds is 5. The number of ketones is 2. The number of aryl methyl sites for hydroxylation is 1. The molecule has 268 valence electrons. The van der Waals surface area contributed by atoms with Crippen molar-refractivity contribution in [2.45, 2.75) is 65.1 Å². The molecule has 1 amide bonds. The van der Waals surface area contributed by atoms with Crippen LogP contribution in [-0.2, 0) is 16.1 Å². The average molecular weight is 753 g/mol. The Bertz CT molecular complexity index is 2510. The summed E-state index contributed by atoms with van der Waals surface area (Å²) in [6, 6.07) is 16.1. The molecule has 2 aliphatic heterocycles. The van der Waals surface area contributed by atoms with Gasteiger partial charge in [-0.05, 0) is 86.6 Å². The molecule has 0 bridgehead atoms. The monoisotopic (exact) mass is 752 g/mol. The Kier molecular flexibility index (Phi) is 9.45. The minimum Gasteiger partial charge on any atom is -0.491 e. The maximum Gasteiger partial charge on any atom is 0.255 e. The lowest BCUT2D eigenvalue weighted by molar-refractivity contribution is -0.133. The van der Waals surface area contributed by atoms with Gasteiger partial charge in [-0.15, -0.1) is 21.5 Å². The Hall–Kier alpha value is -5.88. The number of fused-ring (bicyclic) bond motifs is 4. The quantitative estimate of drug-likeness (QED) is 0.110. The summed E-state index contributed by atoms with van der Waals surface area (Å²) in [6.07, 6.45) is 2.70. The van der Waals surface area contributed by atoms with Crippen LogP contribution in [0.3, 0.4) is 0 Å². The predicted octanol–water partition coefficient (Wildman–Crippen LogP) is 6.77. The van der Waals surface area contributed by atoms with E-state index in [-0.39, 0.29) is 29.9 Å². The first-order chi connectivity index (χ1) is 26.2. The molecule has 1 unspecified atom stereocenters. The van der Waals surface area contributed by atoms with E-state index in [9.17, 15) is 14.4 Å². The van der Waals surface area contributed by atoms with Crippen LogP contribution in [-0.4, -0.2) is 60.5 Å². The van der Waals surface area contributed by atoms with Gasteiger partial charge in [0, 0.05) is 46.7 Å². The number of carbonyl (C=O) groups excluding carboxylic acids is 3. The van der Waals surface area contributed by atoms with Gasteiger partial charge in [0.15, 0.2) is 11.6 Å². The number of thiophene rings is 1. The van der Waals surface area contributed by atoms with Crippen LogP contribution in [0.2, 0.25) is 5.02 Å². The second kappa shape index (κ2) is 14.5. The minimum absolute atomic E-state index is 0.0635. The first-order valence-electron chi connectivity index (χ1n) is 17.6. The van der Waals surface area contributed by atoms with Crippen LogP contribution >= 0.6 is 22.9 Å². The van der Waals surface area contributed by atoms with E-state index in [1.165, 1.54) is 0 Å². The third kappa shape index (κ3) is 6.62. The van der Waals surface area contributed by atoms with Gasteiger partial charge in [0.2, 0.25) is 0 Å². The third-order valence-corrected chi connectivity index (χ3v) is 11.2. The van der Waals surface area contributed by atoms with Crippen LogP contribution in [0.25, 0.3) is 5.00 Å². The molecule has 1 fully saturated rings. The molecule has 0 spiro atoms. The van der Waals surface area contributed by atoms with Crippen LogP contribution in [0.5, 0.6) is 5.75 Å². The maximum absolute atomic E-state index is 13.1. The molecule has 0 N–H and O–H groups in total. The highest BCUT2D eigenvalue weighted by Crippen LogP contribution is 2.39. The van der Waals surface area contributed by atoms with Crippen molar-refractivity contribution in [3.8, 4) is 34.4 Å². The fourth-order valence-corrected chi connectivity index (χ4v) is 8.39. The molecule has 3 aliphatic rings. The van der Waals surface area contributed by atoms with Crippen molar-refractivity contribution >= 4 is 46.1 Å². The number of carbonyl (C=O) groups is 3. The van der Waals surface area contributed by atoms with E-state index < -0.39 is 6.04 Å². The lowest BCUT2D eigenvalue weighted by Crippen LogP contribution is -2.44. The molecule has 10 nitrogen and oxygen atoms in total. The smallest absolute Gasteiger partial charge is 0.255 e. The SMILES string of the molecule is Cc1c(C#Cc2ccc(OCCC#Cc3cccc4c3CN(C3CCC(=O)CC3=O)C4=O)cn2)sc2c1C(c1ccc(Cl)cc1)=N[C@@H](C)c1nnc(C)n1-2. The average Bonchev–Trinajstić information content (AvgIpc) is 3.79. The molecular weight excluding hydrogens is 720 g/mol. The van der Waals surface area contributed by atoms with Crippen molar-refractivity contribution in [1.82, 2.24) is 24.6 Å². The largest absolute Gasteiger partial charge is 0.491 e. The number of hydrogen-bond donors (Lipinski definition) is 0. The molecule has 54 heavy (non-hydrogen) atoms. The molecule has 1 saturated carbocycles. The molecule has 5 heterocycles. The van der Waals surface area contributed by atoms with Gasteiger partial charge in [-0.2, -0.15) is 0 Å². The number of benzene rings is 2. The molecule has 5 aromatic rings. The summed E-state index contributed by atoms with van der Waals surface area (Å²) in [4.78, 5) is 49.5. The maximum atomic E-state index is 13.1. The zero-order chi connectivity index (χ0) is 37.5. The second-order valence-electron chi connectivity index (χ2n) is 13.4. The van der Waals surface area contributed by atoms with E-state index in [0.29, 0.717) is 54.4 Å². The lowest BCUT2D eigenvalue weighted by atomic mass is 9.92. The lowest BCUT2D eigenvalue weighted by Gasteiger charge is -2.29. The van der Waals surface area contributed by atoms with E-state index >= 15 is 0 Å². The first kappa shape index (κ1) is 35.2. The van der Waals surface area contributed by atoms with E-state index in [4.69, 9.17) is 21.3 Å². The van der Waals surface area contributed by atoms with Crippen molar-refractivity contribution in [3.05, 3.63) is 121 Å². The van der Waals surface area contributed by atoms with E-state index in [1.807, 2.05) is 56.3 Å². The number of ether oxygens (including phenoxy) is 1. The van der Waals surface area contributed by atoms with Gasteiger partial charge < -0.3 is 9.64 Å². The molecule has 12 heteroatoms. The number of amides is 1. The van der Waals surface area contributed by atoms with Crippen molar-refractivity contribution in [3.63, 3.8) is 0 Å². The van der Waals surface area contributed by atoms with Crippen molar-refractivity contribution in [2.75, 3.05) is 6.61 Å². The number of Topliss-reactive ketones (excluding diaryl/α,β-unsaturated/α-hetero) is 2. The summed E-state index contributed by atoms with van der Waals surface area (Å²) in [7, 11) is 0. The van der Waals surface area contributed by atoms with Crippen LogP contribution in [0.1, 0.15) is 99.0 Å². The topological polar surface area (TPSA) is 120 Å². The van der Waals surface area contributed by atoms with Crippen LogP contribution < -0.4 is 4.74 Å². The Morgan fingerprint density at radius 1 is 1.00 bits per heavy atom. The van der Waals surface area contributed by atoms with Crippen molar-refractivity contribution in [1.29, 1.82) is 0 Å².